The fourth-order valence-electron chi connectivity index (χ4n) is 4.54. The van der Waals surface area contributed by atoms with Gasteiger partial charge in [-0.1, -0.05) is 0 Å². The van der Waals surface area contributed by atoms with Gasteiger partial charge >= 0.3 is 0 Å². The van der Waals surface area contributed by atoms with Gasteiger partial charge in [0.1, 0.15) is 11.6 Å². The lowest BCUT2D eigenvalue weighted by Crippen LogP contribution is -2.59. The molecule has 0 unspecified atom stereocenters. The average molecular weight is 628 g/mol. The highest BCUT2D eigenvalue weighted by molar-refractivity contribution is 14.1. The van der Waals surface area contributed by atoms with Crippen LogP contribution in [0.3, 0.4) is 0 Å². The Bertz CT molecular complexity index is 1610. The van der Waals surface area contributed by atoms with Crippen LogP contribution in [0, 0.1) is 16.3 Å². The number of anilines is 3. The molecule has 1 aliphatic heterocycles. The minimum absolute atomic E-state index is 0.0467. The standard InChI is InChI=1S/C23H26FIN6O4S/c1-12-19-18(27-14-9-30(10-14)36(34,35)26-2)11-31(15-5-6-15)23(33)20(19)21(29(3)22(12)32)28-17-7-4-13(25)8-16(17)24/h4,7-8,11,14-15,26-28H,5-6,9-10H2,1-3H3. The molecule has 0 spiro atoms. The predicted molar refractivity (Wildman–Crippen MR) is 146 cm³/mol. The number of rotatable bonds is 7. The van der Waals surface area contributed by atoms with Crippen LogP contribution in [0.2, 0.25) is 0 Å². The maximum absolute atomic E-state index is 14.7. The van der Waals surface area contributed by atoms with Crippen LogP contribution >= 0.6 is 22.6 Å². The van der Waals surface area contributed by atoms with Gasteiger partial charge in [0.2, 0.25) is 0 Å². The number of pyridine rings is 2. The first kappa shape index (κ1) is 25.2. The fourth-order valence-corrected chi connectivity index (χ4v) is 6.01. The molecule has 3 N–H and O–H groups in total. The van der Waals surface area contributed by atoms with Crippen LogP contribution in [0.25, 0.3) is 10.8 Å². The number of halogens is 2. The molecule has 1 saturated heterocycles. The Balaban J connectivity index is 1.66. The zero-order chi connectivity index (χ0) is 25.9. The summed E-state index contributed by atoms with van der Waals surface area (Å²) in [4.78, 5) is 26.9. The minimum atomic E-state index is -3.53. The van der Waals surface area contributed by atoms with Crippen molar-refractivity contribution in [2.75, 3.05) is 30.8 Å². The molecular formula is C23H26FIN6O4S. The highest BCUT2D eigenvalue weighted by Gasteiger charge is 2.36. The van der Waals surface area contributed by atoms with Gasteiger partial charge in [-0.2, -0.15) is 12.7 Å². The second kappa shape index (κ2) is 9.11. The molecule has 10 nitrogen and oxygen atoms in total. The van der Waals surface area contributed by atoms with Crippen LogP contribution in [0.5, 0.6) is 0 Å². The van der Waals surface area contributed by atoms with Gasteiger partial charge in [-0.3, -0.25) is 14.2 Å². The highest BCUT2D eigenvalue weighted by Crippen LogP contribution is 2.37. The third kappa shape index (κ3) is 4.31. The maximum Gasteiger partial charge on any atom is 0.279 e. The normalized spacial score (nSPS) is 16.8. The van der Waals surface area contributed by atoms with E-state index in [9.17, 15) is 22.4 Å². The number of nitrogens with one attached hydrogen (secondary N) is 3. The van der Waals surface area contributed by atoms with E-state index in [0.717, 1.165) is 16.4 Å². The van der Waals surface area contributed by atoms with Gasteiger partial charge in [0, 0.05) is 53.9 Å². The van der Waals surface area contributed by atoms with Crippen molar-refractivity contribution in [3.63, 3.8) is 0 Å². The van der Waals surface area contributed by atoms with E-state index >= 15 is 0 Å². The van der Waals surface area contributed by atoms with Gasteiger partial charge in [0.15, 0.2) is 0 Å². The van der Waals surface area contributed by atoms with E-state index in [1.165, 1.54) is 22.0 Å². The molecule has 36 heavy (non-hydrogen) atoms. The Labute approximate surface area is 220 Å². The number of hydrogen-bond acceptors (Lipinski definition) is 6. The molecule has 1 aromatic carbocycles. The van der Waals surface area contributed by atoms with Crippen LogP contribution < -0.4 is 26.5 Å². The number of fused-ring (bicyclic) bond motifs is 1. The molecule has 0 radical (unpaired) electrons. The molecule has 1 saturated carbocycles. The van der Waals surface area contributed by atoms with E-state index in [2.05, 4.69) is 15.4 Å². The molecule has 0 bridgehead atoms. The van der Waals surface area contributed by atoms with Crippen LogP contribution in [-0.4, -0.2) is 48.0 Å². The number of aryl methyl sites for hydroxylation is 1. The van der Waals surface area contributed by atoms with Crippen molar-refractivity contribution in [1.29, 1.82) is 0 Å². The van der Waals surface area contributed by atoms with E-state index < -0.39 is 16.0 Å². The third-order valence-corrected chi connectivity index (χ3v) is 8.90. The van der Waals surface area contributed by atoms with E-state index in [-0.39, 0.29) is 53.2 Å². The van der Waals surface area contributed by atoms with Gasteiger partial charge in [-0.25, -0.2) is 9.11 Å². The first-order valence-electron chi connectivity index (χ1n) is 11.5. The molecule has 13 heteroatoms. The van der Waals surface area contributed by atoms with Gasteiger partial charge in [-0.15, -0.1) is 0 Å². The van der Waals surface area contributed by atoms with Gasteiger partial charge in [-0.05, 0) is 60.6 Å². The van der Waals surface area contributed by atoms with E-state index in [0.29, 0.717) is 16.6 Å². The Morgan fingerprint density at radius 2 is 1.78 bits per heavy atom. The van der Waals surface area contributed by atoms with Crippen molar-refractivity contribution in [3.05, 3.63) is 60.1 Å². The first-order valence-corrected chi connectivity index (χ1v) is 14.0. The number of aromatic nitrogens is 2. The molecular weight excluding hydrogens is 602 g/mol. The van der Waals surface area contributed by atoms with E-state index in [4.69, 9.17) is 0 Å². The Morgan fingerprint density at radius 3 is 2.39 bits per heavy atom. The molecule has 2 aliphatic rings. The zero-order valence-electron chi connectivity index (χ0n) is 19.9. The molecule has 3 aromatic rings. The number of benzene rings is 1. The van der Waals surface area contributed by atoms with Crippen molar-refractivity contribution in [3.8, 4) is 0 Å². The molecule has 1 aliphatic carbocycles. The van der Waals surface area contributed by atoms with Crippen molar-refractivity contribution in [2.24, 2.45) is 7.05 Å². The summed E-state index contributed by atoms with van der Waals surface area (Å²) in [7, 11) is -0.617. The SMILES string of the molecule is CNS(=O)(=O)N1CC(Nc2cn(C3CC3)c(=O)c3c(Nc4ccc(I)cc4F)n(C)c(=O)c(C)c23)C1. The lowest BCUT2D eigenvalue weighted by atomic mass is 10.0. The van der Waals surface area contributed by atoms with Gasteiger partial charge in [0.05, 0.1) is 22.8 Å². The topological polar surface area (TPSA) is 117 Å². The first-order chi connectivity index (χ1) is 17.0. The Morgan fingerprint density at radius 1 is 1.08 bits per heavy atom. The third-order valence-electron chi connectivity index (χ3n) is 6.74. The molecule has 192 valence electrons. The van der Waals surface area contributed by atoms with E-state index in [1.54, 1.807) is 36.9 Å². The molecule has 2 aromatic heterocycles. The molecule has 0 amide bonds. The molecule has 0 atom stereocenters. The van der Waals surface area contributed by atoms with Crippen molar-refractivity contribution < 1.29 is 12.8 Å². The quantitative estimate of drug-likeness (QED) is 0.346. The summed E-state index contributed by atoms with van der Waals surface area (Å²) >= 11 is 2.01. The van der Waals surface area contributed by atoms with Gasteiger partial charge in [0.25, 0.3) is 21.3 Å². The summed E-state index contributed by atoms with van der Waals surface area (Å²) in [5.74, 6) is -0.295. The summed E-state index contributed by atoms with van der Waals surface area (Å²) in [6.07, 6.45) is 3.45. The van der Waals surface area contributed by atoms with Crippen LogP contribution in [0.4, 0.5) is 21.6 Å². The summed E-state index contributed by atoms with van der Waals surface area (Å²) < 4.78 is 46.1. The predicted octanol–water partition coefficient (Wildman–Crippen LogP) is 2.39. The van der Waals surface area contributed by atoms with Crippen molar-refractivity contribution in [1.82, 2.24) is 18.2 Å². The summed E-state index contributed by atoms with van der Waals surface area (Å²) in [6, 6.07) is 4.52. The maximum atomic E-state index is 14.7. The molecule has 3 heterocycles. The van der Waals surface area contributed by atoms with Crippen LogP contribution in [0.15, 0.2) is 34.0 Å². The summed E-state index contributed by atoms with van der Waals surface area (Å²) in [5.41, 5.74) is 0.513. The Hall–Kier alpha value is -2.49. The van der Waals surface area contributed by atoms with Crippen molar-refractivity contribution in [2.45, 2.75) is 31.8 Å². The zero-order valence-corrected chi connectivity index (χ0v) is 22.9. The smallest absolute Gasteiger partial charge is 0.279 e. The lowest BCUT2D eigenvalue weighted by Gasteiger charge is -2.38. The largest absolute Gasteiger partial charge is 0.378 e. The second-order valence-electron chi connectivity index (χ2n) is 9.19. The number of nitrogens with zero attached hydrogens (tertiary/aromatic N) is 3. The van der Waals surface area contributed by atoms with Crippen molar-refractivity contribution >= 4 is 60.8 Å². The molecule has 2 fully saturated rings. The monoisotopic (exact) mass is 628 g/mol. The second-order valence-corrected chi connectivity index (χ2v) is 12.3. The summed E-state index contributed by atoms with van der Waals surface area (Å²) in [5, 5.41) is 7.08. The average Bonchev–Trinajstić information content (AvgIpc) is 3.64. The molecule has 5 rings (SSSR count). The minimum Gasteiger partial charge on any atom is -0.378 e. The highest BCUT2D eigenvalue weighted by atomic mass is 127. The number of hydrogen-bond donors (Lipinski definition) is 3. The van der Waals surface area contributed by atoms with E-state index in [1.807, 2.05) is 22.6 Å². The van der Waals surface area contributed by atoms with Crippen LogP contribution in [-0.2, 0) is 17.3 Å². The lowest BCUT2D eigenvalue weighted by molar-refractivity contribution is 0.278. The van der Waals surface area contributed by atoms with Crippen LogP contribution in [0.1, 0.15) is 24.4 Å². The fraction of sp³-hybridized carbons (Fsp3) is 0.391. The Kier molecular flexibility index (Phi) is 6.37. The summed E-state index contributed by atoms with van der Waals surface area (Å²) in [6.45, 7) is 2.15. The van der Waals surface area contributed by atoms with Gasteiger partial charge < -0.3 is 15.2 Å².